The van der Waals surface area contributed by atoms with Gasteiger partial charge >= 0.3 is 0 Å². The first kappa shape index (κ1) is 9.40. The minimum absolute atomic E-state index is 0.412. The first-order valence-corrected chi connectivity index (χ1v) is 5.03. The second-order valence-electron chi connectivity index (χ2n) is 3.45. The first-order chi connectivity index (χ1) is 6.88. The number of anilines is 1. The van der Waals surface area contributed by atoms with Crippen LogP contribution in [0, 0.1) is 0 Å². The summed E-state index contributed by atoms with van der Waals surface area (Å²) in [5.41, 5.74) is 1.07. The summed E-state index contributed by atoms with van der Waals surface area (Å²) >= 11 is 0. The van der Waals surface area contributed by atoms with Crippen LogP contribution in [0.5, 0.6) is 0 Å². The van der Waals surface area contributed by atoms with Crippen molar-refractivity contribution in [1.82, 2.24) is 9.97 Å². The van der Waals surface area contributed by atoms with Gasteiger partial charge < -0.3 is 10.1 Å². The molecule has 1 N–H and O–H groups in total. The Labute approximate surface area is 83.7 Å². The smallest absolute Gasteiger partial charge is 0.129 e. The van der Waals surface area contributed by atoms with Gasteiger partial charge in [0.15, 0.2) is 0 Å². The molecule has 1 aliphatic heterocycles. The van der Waals surface area contributed by atoms with E-state index in [1.54, 1.807) is 6.33 Å². The molecule has 2 rings (SSSR count). The molecule has 1 atom stereocenters. The van der Waals surface area contributed by atoms with Crippen molar-refractivity contribution in [3.05, 3.63) is 18.1 Å². The summed E-state index contributed by atoms with van der Waals surface area (Å²) in [5.74, 6) is 0.910. The van der Waals surface area contributed by atoms with Crippen LogP contribution in [0.1, 0.15) is 19.0 Å². The molecular formula is C10H15N3O. The van der Waals surface area contributed by atoms with Gasteiger partial charge in [-0.25, -0.2) is 9.97 Å². The molecule has 0 radical (unpaired) electrons. The summed E-state index contributed by atoms with van der Waals surface area (Å²) in [6.07, 6.45) is 3.61. The molecule has 0 spiro atoms. The Kier molecular flexibility index (Phi) is 2.93. The molecule has 4 heteroatoms. The van der Waals surface area contributed by atoms with E-state index in [0.717, 1.165) is 37.6 Å². The van der Waals surface area contributed by atoms with Gasteiger partial charge in [0.1, 0.15) is 12.1 Å². The van der Waals surface area contributed by atoms with Crippen molar-refractivity contribution in [3.8, 4) is 0 Å². The van der Waals surface area contributed by atoms with Gasteiger partial charge in [0.2, 0.25) is 0 Å². The summed E-state index contributed by atoms with van der Waals surface area (Å²) < 4.78 is 5.28. The van der Waals surface area contributed by atoms with E-state index in [1.165, 1.54) is 0 Å². The monoisotopic (exact) mass is 193 g/mol. The summed E-state index contributed by atoms with van der Waals surface area (Å²) in [6, 6.07) is 2.41. The van der Waals surface area contributed by atoms with Gasteiger partial charge in [0.05, 0.1) is 12.6 Å². The minimum atomic E-state index is 0.412. The number of aromatic nitrogens is 2. The highest BCUT2D eigenvalue weighted by atomic mass is 16.5. The first-order valence-electron chi connectivity index (χ1n) is 5.03. The van der Waals surface area contributed by atoms with Gasteiger partial charge in [-0.3, -0.25) is 0 Å². The molecule has 0 bridgehead atoms. The molecule has 0 aliphatic carbocycles. The number of ether oxygens (including phenoxy) is 1. The zero-order valence-corrected chi connectivity index (χ0v) is 8.36. The number of rotatable bonds is 3. The van der Waals surface area contributed by atoms with E-state index in [4.69, 9.17) is 4.74 Å². The van der Waals surface area contributed by atoms with Crippen molar-refractivity contribution in [2.24, 2.45) is 0 Å². The second-order valence-corrected chi connectivity index (χ2v) is 3.45. The highest BCUT2D eigenvalue weighted by molar-refractivity contribution is 5.36. The van der Waals surface area contributed by atoms with Crippen molar-refractivity contribution >= 4 is 5.82 Å². The minimum Gasteiger partial charge on any atom is -0.379 e. The van der Waals surface area contributed by atoms with E-state index in [-0.39, 0.29) is 0 Å². The summed E-state index contributed by atoms with van der Waals surface area (Å²) in [5, 5.41) is 3.34. The molecule has 2 heterocycles. The predicted octanol–water partition coefficient (Wildman–Crippen LogP) is 1.24. The molecule has 0 aromatic carbocycles. The van der Waals surface area contributed by atoms with Crippen LogP contribution < -0.4 is 5.32 Å². The Hall–Kier alpha value is -1.16. The summed E-state index contributed by atoms with van der Waals surface area (Å²) in [6.45, 7) is 3.72. The molecule has 4 nitrogen and oxygen atoms in total. The Balaban J connectivity index is 2.00. The van der Waals surface area contributed by atoms with Crippen molar-refractivity contribution in [2.45, 2.75) is 25.8 Å². The van der Waals surface area contributed by atoms with Crippen LogP contribution in [-0.4, -0.2) is 29.2 Å². The number of aryl methyl sites for hydroxylation is 1. The van der Waals surface area contributed by atoms with Gasteiger partial charge in [0.25, 0.3) is 0 Å². The lowest BCUT2D eigenvalue weighted by atomic mass is 10.2. The van der Waals surface area contributed by atoms with E-state index in [9.17, 15) is 0 Å². The van der Waals surface area contributed by atoms with E-state index >= 15 is 0 Å². The third-order valence-corrected chi connectivity index (χ3v) is 2.37. The molecule has 0 saturated carbocycles. The van der Waals surface area contributed by atoms with Crippen molar-refractivity contribution < 1.29 is 4.74 Å². The highest BCUT2D eigenvalue weighted by Gasteiger charge is 2.15. The normalized spacial score (nSPS) is 21.1. The third-order valence-electron chi connectivity index (χ3n) is 2.37. The van der Waals surface area contributed by atoms with Crippen LogP contribution in [-0.2, 0) is 11.2 Å². The topological polar surface area (TPSA) is 47.0 Å². The van der Waals surface area contributed by atoms with E-state index in [1.807, 2.05) is 6.07 Å². The average Bonchev–Trinajstić information content (AvgIpc) is 2.71. The van der Waals surface area contributed by atoms with Crippen molar-refractivity contribution in [3.63, 3.8) is 0 Å². The molecule has 1 fully saturated rings. The van der Waals surface area contributed by atoms with Gasteiger partial charge in [-0.15, -0.1) is 0 Å². The number of nitrogens with zero attached hydrogens (tertiary/aromatic N) is 2. The van der Waals surface area contributed by atoms with Crippen LogP contribution in [0.15, 0.2) is 12.4 Å². The lowest BCUT2D eigenvalue weighted by molar-refractivity contribution is 0.195. The van der Waals surface area contributed by atoms with Gasteiger partial charge in [0, 0.05) is 18.4 Å². The second kappa shape index (κ2) is 4.37. The number of hydrogen-bond donors (Lipinski definition) is 1. The maximum atomic E-state index is 5.28. The summed E-state index contributed by atoms with van der Waals surface area (Å²) in [4.78, 5) is 8.32. The Morgan fingerprint density at radius 2 is 2.50 bits per heavy atom. The molecule has 14 heavy (non-hydrogen) atoms. The molecule has 0 unspecified atom stereocenters. The lowest BCUT2D eigenvalue weighted by Gasteiger charge is -2.11. The summed E-state index contributed by atoms with van der Waals surface area (Å²) in [7, 11) is 0. The fraction of sp³-hybridized carbons (Fsp3) is 0.600. The van der Waals surface area contributed by atoms with Gasteiger partial charge in [-0.05, 0) is 12.8 Å². The van der Waals surface area contributed by atoms with Crippen molar-refractivity contribution in [2.75, 3.05) is 18.5 Å². The maximum absolute atomic E-state index is 5.28. The highest BCUT2D eigenvalue weighted by Crippen LogP contribution is 2.11. The molecule has 1 saturated heterocycles. The van der Waals surface area contributed by atoms with Crippen LogP contribution in [0.2, 0.25) is 0 Å². The third kappa shape index (κ3) is 2.20. The van der Waals surface area contributed by atoms with Crippen LogP contribution in [0.4, 0.5) is 5.82 Å². The fourth-order valence-corrected chi connectivity index (χ4v) is 1.53. The molecule has 1 aromatic rings. The standard InChI is InChI=1S/C10H15N3O/c1-2-8-5-10(12-7-11-8)13-9-3-4-14-6-9/h5,7,9H,2-4,6H2,1H3,(H,11,12,13)/t9-/m0/s1. The molecule has 76 valence electrons. The number of nitrogens with one attached hydrogen (secondary N) is 1. The Bertz CT molecular complexity index is 297. The molecular weight excluding hydrogens is 178 g/mol. The van der Waals surface area contributed by atoms with Gasteiger partial charge in [-0.2, -0.15) is 0 Å². The fourth-order valence-electron chi connectivity index (χ4n) is 1.53. The van der Waals surface area contributed by atoms with E-state index in [0.29, 0.717) is 6.04 Å². The molecule has 1 aromatic heterocycles. The largest absolute Gasteiger partial charge is 0.379 e. The SMILES string of the molecule is CCc1cc(N[C@H]2CCOC2)ncn1. The zero-order valence-electron chi connectivity index (χ0n) is 8.36. The van der Waals surface area contributed by atoms with Crippen molar-refractivity contribution in [1.29, 1.82) is 0 Å². The Morgan fingerprint density at radius 3 is 3.21 bits per heavy atom. The van der Waals surface area contributed by atoms with Crippen LogP contribution in [0.25, 0.3) is 0 Å². The molecule has 1 aliphatic rings. The average molecular weight is 193 g/mol. The van der Waals surface area contributed by atoms with E-state index in [2.05, 4.69) is 22.2 Å². The lowest BCUT2D eigenvalue weighted by Crippen LogP contribution is -2.19. The van der Waals surface area contributed by atoms with Crippen LogP contribution in [0.3, 0.4) is 0 Å². The molecule has 0 amide bonds. The zero-order chi connectivity index (χ0) is 9.80. The maximum Gasteiger partial charge on any atom is 0.129 e. The van der Waals surface area contributed by atoms with E-state index < -0.39 is 0 Å². The quantitative estimate of drug-likeness (QED) is 0.784. The number of hydrogen-bond acceptors (Lipinski definition) is 4. The predicted molar refractivity (Wildman–Crippen MR) is 54.3 cm³/mol. The van der Waals surface area contributed by atoms with Gasteiger partial charge in [-0.1, -0.05) is 6.92 Å². The Morgan fingerprint density at radius 1 is 1.57 bits per heavy atom. The van der Waals surface area contributed by atoms with Crippen LogP contribution >= 0.6 is 0 Å².